The topological polar surface area (TPSA) is 17.1 Å². The van der Waals surface area contributed by atoms with Gasteiger partial charge < -0.3 is 0 Å². The molecule has 2 saturated carbocycles. The van der Waals surface area contributed by atoms with E-state index in [1.807, 2.05) is 0 Å². The van der Waals surface area contributed by atoms with Crippen molar-refractivity contribution in [1.29, 1.82) is 0 Å². The number of benzene rings is 2. The van der Waals surface area contributed by atoms with Crippen LogP contribution in [0.25, 0.3) is 0 Å². The van der Waals surface area contributed by atoms with Crippen molar-refractivity contribution < 1.29 is 4.79 Å². The van der Waals surface area contributed by atoms with Crippen molar-refractivity contribution in [3.8, 4) is 0 Å². The molecule has 0 heterocycles. The molecule has 2 aromatic carbocycles. The third kappa shape index (κ3) is 5.36. The number of rotatable bonds is 8. The van der Waals surface area contributed by atoms with Crippen LogP contribution in [-0.2, 0) is 4.79 Å². The van der Waals surface area contributed by atoms with Gasteiger partial charge in [-0.3, -0.25) is 4.79 Å². The van der Waals surface area contributed by atoms with E-state index >= 15 is 0 Å². The molecule has 0 aliphatic heterocycles. The van der Waals surface area contributed by atoms with E-state index < -0.39 is 0 Å². The Kier molecular flexibility index (Phi) is 7.54. The largest absolute Gasteiger partial charge is 0.300 e. The highest BCUT2D eigenvalue weighted by molar-refractivity contribution is 5.80. The second-order valence-corrected chi connectivity index (χ2v) is 10.9. The number of Topliss-reactive ketones (excluding diaryl/α,β-unsaturated/α-hetero) is 1. The minimum absolute atomic E-state index is 0.397. The second kappa shape index (κ2) is 10.4. The summed E-state index contributed by atoms with van der Waals surface area (Å²) in [5.41, 5.74) is 8.21. The Bertz CT molecular complexity index is 852. The SMILES string of the molecule is Cc1ccc([C@@H](CC(=O)C[C@@H](c2ccc(C)c(C)c2)C2CCCC2)C2CCCC2)cc1C. The summed E-state index contributed by atoms with van der Waals surface area (Å²) < 4.78 is 0. The smallest absolute Gasteiger partial charge is 0.134 e. The van der Waals surface area contributed by atoms with Crippen molar-refractivity contribution in [3.63, 3.8) is 0 Å². The fraction of sp³-hybridized carbons (Fsp3) is 0.581. The van der Waals surface area contributed by atoms with Gasteiger partial charge in [0.1, 0.15) is 5.78 Å². The number of hydrogen-bond donors (Lipinski definition) is 0. The van der Waals surface area contributed by atoms with Gasteiger partial charge in [0, 0.05) is 12.8 Å². The molecule has 1 heteroatoms. The van der Waals surface area contributed by atoms with Gasteiger partial charge in [0.2, 0.25) is 0 Å². The van der Waals surface area contributed by atoms with E-state index in [2.05, 4.69) is 64.1 Å². The third-order valence-corrected chi connectivity index (χ3v) is 8.75. The van der Waals surface area contributed by atoms with E-state index in [1.54, 1.807) is 0 Å². The Balaban J connectivity index is 1.55. The quantitative estimate of drug-likeness (QED) is 0.410. The summed E-state index contributed by atoms with van der Waals surface area (Å²) in [4.78, 5) is 13.6. The Labute approximate surface area is 196 Å². The van der Waals surface area contributed by atoms with Crippen molar-refractivity contribution in [3.05, 3.63) is 69.8 Å². The lowest BCUT2D eigenvalue weighted by Gasteiger charge is -2.27. The van der Waals surface area contributed by atoms with Crippen molar-refractivity contribution in [2.24, 2.45) is 11.8 Å². The number of ketones is 1. The van der Waals surface area contributed by atoms with E-state index in [-0.39, 0.29) is 0 Å². The van der Waals surface area contributed by atoms with Crippen LogP contribution >= 0.6 is 0 Å². The van der Waals surface area contributed by atoms with Gasteiger partial charge in [0.05, 0.1) is 0 Å². The summed E-state index contributed by atoms with van der Waals surface area (Å²) >= 11 is 0. The number of carbonyl (C=O) groups is 1. The summed E-state index contributed by atoms with van der Waals surface area (Å²) in [6, 6.07) is 13.8. The van der Waals surface area contributed by atoms with Gasteiger partial charge in [0.25, 0.3) is 0 Å². The molecule has 0 N–H and O–H groups in total. The maximum atomic E-state index is 13.6. The maximum Gasteiger partial charge on any atom is 0.134 e. The zero-order valence-corrected chi connectivity index (χ0v) is 20.8. The van der Waals surface area contributed by atoms with Gasteiger partial charge in [0.15, 0.2) is 0 Å². The predicted molar refractivity (Wildman–Crippen MR) is 135 cm³/mol. The average Bonchev–Trinajstić information content (AvgIpc) is 3.49. The monoisotopic (exact) mass is 430 g/mol. The van der Waals surface area contributed by atoms with Crippen LogP contribution < -0.4 is 0 Å². The predicted octanol–water partition coefficient (Wildman–Crippen LogP) is 8.52. The molecule has 2 atom stereocenters. The molecule has 0 aromatic heterocycles. The summed E-state index contributed by atoms with van der Waals surface area (Å²) in [6.07, 6.45) is 11.9. The van der Waals surface area contributed by atoms with Gasteiger partial charge in [-0.05, 0) is 110 Å². The molecule has 2 aromatic rings. The first-order valence-electron chi connectivity index (χ1n) is 13.1. The fourth-order valence-corrected chi connectivity index (χ4v) is 6.40. The molecule has 0 saturated heterocycles. The Morgan fingerprint density at radius 1 is 0.656 bits per heavy atom. The molecule has 2 fully saturated rings. The zero-order chi connectivity index (χ0) is 22.7. The molecule has 0 spiro atoms. The van der Waals surface area contributed by atoms with E-state index in [9.17, 15) is 4.79 Å². The average molecular weight is 431 g/mol. The lowest BCUT2D eigenvalue weighted by Crippen LogP contribution is -2.19. The Morgan fingerprint density at radius 2 is 1.03 bits per heavy atom. The number of aryl methyl sites for hydroxylation is 4. The van der Waals surface area contributed by atoms with Gasteiger partial charge in [-0.1, -0.05) is 62.1 Å². The first-order valence-corrected chi connectivity index (χ1v) is 13.1. The molecule has 2 aliphatic rings. The Morgan fingerprint density at radius 3 is 1.38 bits per heavy atom. The molecule has 0 bridgehead atoms. The normalized spacial score (nSPS) is 19.4. The fourth-order valence-electron chi connectivity index (χ4n) is 6.40. The zero-order valence-electron chi connectivity index (χ0n) is 20.8. The van der Waals surface area contributed by atoms with Crippen LogP contribution in [0.4, 0.5) is 0 Å². The summed E-state index contributed by atoms with van der Waals surface area (Å²) in [7, 11) is 0. The molecular weight excluding hydrogens is 388 g/mol. The van der Waals surface area contributed by atoms with Gasteiger partial charge >= 0.3 is 0 Å². The highest BCUT2D eigenvalue weighted by Crippen LogP contribution is 2.43. The summed E-state index contributed by atoms with van der Waals surface area (Å²) in [6.45, 7) is 8.79. The molecule has 1 nitrogen and oxygen atoms in total. The van der Waals surface area contributed by atoms with E-state index in [0.717, 1.165) is 12.8 Å². The highest BCUT2D eigenvalue weighted by atomic mass is 16.1. The number of carbonyl (C=O) groups excluding carboxylic acids is 1. The Hall–Kier alpha value is -1.89. The van der Waals surface area contributed by atoms with E-state index in [0.29, 0.717) is 29.5 Å². The van der Waals surface area contributed by atoms with Crippen molar-refractivity contribution in [2.75, 3.05) is 0 Å². The third-order valence-electron chi connectivity index (χ3n) is 8.75. The van der Waals surface area contributed by atoms with Crippen LogP contribution in [0.15, 0.2) is 36.4 Å². The van der Waals surface area contributed by atoms with Gasteiger partial charge in [-0.15, -0.1) is 0 Å². The van der Waals surface area contributed by atoms with Crippen LogP contribution in [0.3, 0.4) is 0 Å². The first kappa shape index (κ1) is 23.3. The van der Waals surface area contributed by atoms with E-state index in [4.69, 9.17) is 0 Å². The molecule has 4 rings (SSSR count). The molecule has 0 amide bonds. The van der Waals surface area contributed by atoms with Crippen molar-refractivity contribution in [2.45, 2.75) is 104 Å². The summed E-state index contributed by atoms with van der Waals surface area (Å²) in [5.74, 6) is 2.62. The van der Waals surface area contributed by atoms with Crippen LogP contribution in [0.5, 0.6) is 0 Å². The highest BCUT2D eigenvalue weighted by Gasteiger charge is 2.32. The lowest BCUT2D eigenvalue weighted by atomic mass is 9.76. The van der Waals surface area contributed by atoms with E-state index in [1.165, 1.54) is 84.7 Å². The first-order chi connectivity index (χ1) is 15.4. The molecule has 0 radical (unpaired) electrons. The minimum atomic E-state index is 0.397. The second-order valence-electron chi connectivity index (χ2n) is 10.9. The molecule has 0 unspecified atom stereocenters. The van der Waals surface area contributed by atoms with Crippen molar-refractivity contribution in [1.82, 2.24) is 0 Å². The minimum Gasteiger partial charge on any atom is -0.300 e. The maximum absolute atomic E-state index is 13.6. The van der Waals surface area contributed by atoms with Crippen molar-refractivity contribution >= 4 is 5.78 Å². The van der Waals surface area contributed by atoms with Crippen LogP contribution in [-0.4, -0.2) is 5.78 Å². The molecule has 172 valence electrons. The summed E-state index contributed by atoms with van der Waals surface area (Å²) in [5, 5.41) is 0. The molecular formula is C31H42O. The molecule has 32 heavy (non-hydrogen) atoms. The lowest BCUT2D eigenvalue weighted by molar-refractivity contribution is -0.120. The van der Waals surface area contributed by atoms with Gasteiger partial charge in [-0.25, -0.2) is 0 Å². The van der Waals surface area contributed by atoms with Gasteiger partial charge in [-0.2, -0.15) is 0 Å². The molecule has 2 aliphatic carbocycles. The van der Waals surface area contributed by atoms with Crippen LogP contribution in [0, 0.1) is 39.5 Å². The standard InChI is InChI=1S/C31H42O/c1-21-13-15-27(17-23(21)3)30(25-9-5-6-10-25)19-29(32)20-31(26-11-7-8-12-26)28-16-14-22(2)24(4)18-28/h13-18,25-26,30-31H,5-12,19-20H2,1-4H3/t30-,31+. The number of hydrogen-bond acceptors (Lipinski definition) is 1. The van der Waals surface area contributed by atoms with Crippen LogP contribution in [0.1, 0.15) is 109 Å². The van der Waals surface area contributed by atoms with Crippen LogP contribution in [0.2, 0.25) is 0 Å².